The number of amides is 1. The fraction of sp³-hybridized carbons (Fsp3) is 0.625. The SMILES string of the molecule is CC(C)(C)OC(=O)N1CCCC2(C1)OCc1c2ccnc1Cl. The quantitative estimate of drug-likeness (QED) is 0.685. The van der Waals surface area contributed by atoms with Gasteiger partial charge in [-0.25, -0.2) is 9.78 Å². The van der Waals surface area contributed by atoms with E-state index in [9.17, 15) is 4.79 Å². The highest BCUT2D eigenvalue weighted by Gasteiger charge is 2.46. The number of hydrogen-bond acceptors (Lipinski definition) is 4. The lowest BCUT2D eigenvalue weighted by Gasteiger charge is -2.40. The van der Waals surface area contributed by atoms with Crippen molar-refractivity contribution in [3.05, 3.63) is 28.5 Å². The Morgan fingerprint density at radius 1 is 1.50 bits per heavy atom. The minimum Gasteiger partial charge on any atom is -0.444 e. The van der Waals surface area contributed by atoms with E-state index >= 15 is 0 Å². The fourth-order valence-electron chi connectivity index (χ4n) is 3.16. The van der Waals surface area contributed by atoms with Crippen LogP contribution in [0.1, 0.15) is 44.7 Å². The van der Waals surface area contributed by atoms with Gasteiger partial charge in [-0.3, -0.25) is 0 Å². The average Bonchev–Trinajstić information content (AvgIpc) is 2.77. The van der Waals surface area contributed by atoms with Crippen molar-refractivity contribution in [1.82, 2.24) is 9.88 Å². The summed E-state index contributed by atoms with van der Waals surface area (Å²) in [5.74, 6) is 0. The molecular formula is C16H21ClN2O3. The normalized spacial score (nSPS) is 24.5. The molecule has 1 saturated heterocycles. The summed E-state index contributed by atoms with van der Waals surface area (Å²) in [6.07, 6.45) is 3.16. The van der Waals surface area contributed by atoms with Crippen molar-refractivity contribution < 1.29 is 14.3 Å². The molecule has 22 heavy (non-hydrogen) atoms. The number of aromatic nitrogens is 1. The van der Waals surface area contributed by atoms with Crippen molar-refractivity contribution in [2.45, 2.75) is 51.4 Å². The Morgan fingerprint density at radius 2 is 2.27 bits per heavy atom. The minimum absolute atomic E-state index is 0.288. The monoisotopic (exact) mass is 324 g/mol. The van der Waals surface area contributed by atoms with E-state index in [1.54, 1.807) is 11.1 Å². The molecule has 5 nitrogen and oxygen atoms in total. The predicted molar refractivity (Wildman–Crippen MR) is 82.8 cm³/mol. The van der Waals surface area contributed by atoms with Crippen molar-refractivity contribution in [3.63, 3.8) is 0 Å². The smallest absolute Gasteiger partial charge is 0.410 e. The molecule has 1 aromatic heterocycles. The number of ether oxygens (including phenoxy) is 2. The Kier molecular flexibility index (Phi) is 3.81. The number of halogens is 1. The summed E-state index contributed by atoms with van der Waals surface area (Å²) in [6, 6.07) is 1.95. The van der Waals surface area contributed by atoms with Crippen LogP contribution in [0.15, 0.2) is 12.3 Å². The Morgan fingerprint density at radius 3 is 3.00 bits per heavy atom. The van der Waals surface area contributed by atoms with Crippen LogP contribution in [0.25, 0.3) is 0 Å². The fourth-order valence-corrected chi connectivity index (χ4v) is 3.37. The Balaban J connectivity index is 1.83. The highest BCUT2D eigenvalue weighted by Crippen LogP contribution is 2.44. The summed E-state index contributed by atoms with van der Waals surface area (Å²) in [6.45, 7) is 7.25. The van der Waals surface area contributed by atoms with Gasteiger partial charge in [-0.1, -0.05) is 11.6 Å². The molecule has 1 amide bonds. The maximum Gasteiger partial charge on any atom is 0.410 e. The second kappa shape index (κ2) is 5.39. The largest absolute Gasteiger partial charge is 0.444 e. The van der Waals surface area contributed by atoms with Crippen LogP contribution in [0, 0.1) is 0 Å². The van der Waals surface area contributed by atoms with Gasteiger partial charge < -0.3 is 14.4 Å². The number of carbonyl (C=O) groups excluding carboxylic acids is 1. The molecule has 2 aliphatic rings. The van der Waals surface area contributed by atoms with E-state index in [1.165, 1.54) is 0 Å². The van der Waals surface area contributed by atoms with Gasteiger partial charge in [0.15, 0.2) is 0 Å². The molecule has 1 aromatic rings. The van der Waals surface area contributed by atoms with Crippen LogP contribution >= 0.6 is 11.6 Å². The van der Waals surface area contributed by atoms with Crippen LogP contribution < -0.4 is 0 Å². The van der Waals surface area contributed by atoms with Crippen LogP contribution in [0.5, 0.6) is 0 Å². The molecule has 0 N–H and O–H groups in total. The van der Waals surface area contributed by atoms with Gasteiger partial charge in [0.25, 0.3) is 0 Å². The van der Waals surface area contributed by atoms with E-state index in [-0.39, 0.29) is 6.09 Å². The van der Waals surface area contributed by atoms with Gasteiger partial charge in [-0.15, -0.1) is 0 Å². The molecule has 0 aromatic carbocycles. The summed E-state index contributed by atoms with van der Waals surface area (Å²) in [4.78, 5) is 18.2. The molecule has 1 fully saturated rings. The first-order valence-corrected chi connectivity index (χ1v) is 7.94. The van der Waals surface area contributed by atoms with Gasteiger partial charge in [0, 0.05) is 18.3 Å². The number of carbonyl (C=O) groups is 1. The number of hydrogen-bond donors (Lipinski definition) is 0. The zero-order valence-electron chi connectivity index (χ0n) is 13.2. The van der Waals surface area contributed by atoms with Gasteiger partial charge >= 0.3 is 6.09 Å². The molecule has 0 aliphatic carbocycles. The van der Waals surface area contributed by atoms with Crippen LogP contribution in [0.3, 0.4) is 0 Å². The second-order valence-corrected chi connectivity index (χ2v) is 7.27. The van der Waals surface area contributed by atoms with Crippen molar-refractivity contribution in [2.75, 3.05) is 13.1 Å². The van der Waals surface area contributed by atoms with E-state index in [2.05, 4.69) is 4.98 Å². The first kappa shape index (κ1) is 15.6. The van der Waals surface area contributed by atoms with Crippen molar-refractivity contribution in [1.29, 1.82) is 0 Å². The molecule has 0 radical (unpaired) electrons. The summed E-state index contributed by atoms with van der Waals surface area (Å²) >= 11 is 6.16. The van der Waals surface area contributed by atoms with E-state index in [0.29, 0.717) is 24.8 Å². The number of likely N-dealkylation sites (tertiary alicyclic amines) is 1. The Labute approximate surface area is 135 Å². The molecule has 2 aliphatic heterocycles. The maximum absolute atomic E-state index is 12.3. The highest BCUT2D eigenvalue weighted by molar-refractivity contribution is 6.30. The second-order valence-electron chi connectivity index (χ2n) is 6.92. The zero-order chi connectivity index (χ0) is 16.0. The first-order chi connectivity index (χ1) is 10.3. The third-order valence-electron chi connectivity index (χ3n) is 4.09. The molecule has 3 heterocycles. The van der Waals surface area contributed by atoms with Crippen molar-refractivity contribution in [3.8, 4) is 0 Å². The van der Waals surface area contributed by atoms with Crippen LogP contribution in [-0.2, 0) is 21.7 Å². The van der Waals surface area contributed by atoms with Crippen molar-refractivity contribution in [2.24, 2.45) is 0 Å². The van der Waals surface area contributed by atoms with Gasteiger partial charge in [-0.2, -0.15) is 0 Å². The highest BCUT2D eigenvalue weighted by atomic mass is 35.5. The number of rotatable bonds is 0. The Bertz CT molecular complexity index is 600. The van der Waals surface area contributed by atoms with Gasteiger partial charge in [0.05, 0.1) is 13.2 Å². The summed E-state index contributed by atoms with van der Waals surface area (Å²) in [5.41, 5.74) is 1.02. The number of pyridine rings is 1. The lowest BCUT2D eigenvalue weighted by molar-refractivity contribution is -0.0868. The molecule has 1 spiro atoms. The Hall–Kier alpha value is -1.33. The topological polar surface area (TPSA) is 51.7 Å². The summed E-state index contributed by atoms with van der Waals surface area (Å²) in [5, 5.41) is 0.490. The number of piperidine rings is 1. The predicted octanol–water partition coefficient (Wildman–Crippen LogP) is 3.49. The van der Waals surface area contributed by atoms with E-state index in [4.69, 9.17) is 21.1 Å². The zero-order valence-corrected chi connectivity index (χ0v) is 13.9. The molecule has 3 rings (SSSR count). The maximum atomic E-state index is 12.3. The number of fused-ring (bicyclic) bond motifs is 2. The number of nitrogens with zero attached hydrogens (tertiary/aromatic N) is 2. The van der Waals surface area contributed by atoms with E-state index < -0.39 is 11.2 Å². The third kappa shape index (κ3) is 2.79. The van der Waals surface area contributed by atoms with Gasteiger partial charge in [0.2, 0.25) is 0 Å². The summed E-state index contributed by atoms with van der Waals surface area (Å²) < 4.78 is 11.6. The molecule has 120 valence electrons. The standard InChI is InChI=1S/C16H21ClN2O3/c1-15(2,3)22-14(20)19-8-4-6-16(10-19)12-5-7-18-13(17)11(12)9-21-16/h5,7H,4,6,8-10H2,1-3H3. The molecule has 6 heteroatoms. The van der Waals surface area contributed by atoms with Crippen LogP contribution in [0.4, 0.5) is 4.79 Å². The molecular weight excluding hydrogens is 304 g/mol. The third-order valence-corrected chi connectivity index (χ3v) is 4.42. The first-order valence-electron chi connectivity index (χ1n) is 7.56. The lowest BCUT2D eigenvalue weighted by atomic mass is 9.86. The summed E-state index contributed by atoms with van der Waals surface area (Å²) in [7, 11) is 0. The minimum atomic E-state index is -0.497. The van der Waals surface area contributed by atoms with E-state index in [1.807, 2.05) is 26.8 Å². The average molecular weight is 325 g/mol. The van der Waals surface area contributed by atoms with Crippen LogP contribution in [0.2, 0.25) is 5.15 Å². The van der Waals surface area contributed by atoms with Gasteiger partial charge in [-0.05, 0) is 45.2 Å². The molecule has 0 saturated carbocycles. The molecule has 0 bridgehead atoms. The molecule has 1 atom stereocenters. The molecule has 1 unspecified atom stereocenters. The van der Waals surface area contributed by atoms with Crippen molar-refractivity contribution >= 4 is 17.7 Å². The lowest BCUT2D eigenvalue weighted by Crippen LogP contribution is -2.49. The van der Waals surface area contributed by atoms with Crippen LogP contribution in [-0.4, -0.2) is 34.7 Å². The van der Waals surface area contributed by atoms with E-state index in [0.717, 1.165) is 24.0 Å². The van der Waals surface area contributed by atoms with Gasteiger partial charge in [0.1, 0.15) is 16.4 Å².